The van der Waals surface area contributed by atoms with Crippen LogP contribution in [0, 0.1) is 11.3 Å². The van der Waals surface area contributed by atoms with Crippen LogP contribution in [-0.2, 0) is 9.47 Å². The molecule has 0 heterocycles. The predicted molar refractivity (Wildman–Crippen MR) is 41.8 cm³/mol. The van der Waals surface area contributed by atoms with Crippen molar-refractivity contribution in [1.29, 1.82) is 5.26 Å². The highest BCUT2D eigenvalue weighted by Gasteiger charge is 1.99. The first-order valence-electron chi connectivity index (χ1n) is 3.66. The molecule has 0 amide bonds. The van der Waals surface area contributed by atoms with Crippen LogP contribution in [0.25, 0.3) is 0 Å². The molecular weight excluding hydrogens is 161 g/mol. The highest BCUT2D eigenvalue weighted by Crippen LogP contribution is 1.93. The topological polar surface area (TPSA) is 42.2 Å². The second kappa shape index (κ2) is 8.02. The van der Waals surface area contributed by atoms with Gasteiger partial charge in [0.05, 0.1) is 25.2 Å². The van der Waals surface area contributed by atoms with Crippen molar-refractivity contribution in [2.45, 2.75) is 19.4 Å². The summed E-state index contributed by atoms with van der Waals surface area (Å²) in [7, 11) is 0. The summed E-state index contributed by atoms with van der Waals surface area (Å²) < 4.78 is 21.2. The first-order valence-corrected chi connectivity index (χ1v) is 3.66. The average molecular weight is 173 g/mol. The van der Waals surface area contributed by atoms with Gasteiger partial charge >= 0.3 is 0 Å². The van der Waals surface area contributed by atoms with Crippen molar-refractivity contribution in [1.82, 2.24) is 0 Å². The highest BCUT2D eigenvalue weighted by atomic mass is 19.1. The summed E-state index contributed by atoms with van der Waals surface area (Å²) in [6.45, 7) is 2.48. The third-order valence-corrected chi connectivity index (χ3v) is 1.09. The normalized spacial score (nSPS) is 12.8. The molecule has 0 saturated heterocycles. The monoisotopic (exact) mass is 173 g/mol. The van der Waals surface area contributed by atoms with Gasteiger partial charge in [0.15, 0.2) is 0 Å². The first-order chi connectivity index (χ1) is 5.81. The van der Waals surface area contributed by atoms with Gasteiger partial charge in [0.1, 0.15) is 19.2 Å². The number of ether oxygens (including phenoxy) is 2. The molecule has 0 aromatic carbocycles. The van der Waals surface area contributed by atoms with Crippen LogP contribution in [-0.4, -0.2) is 19.3 Å². The SMILES string of the molecule is CC(COC=CF)OCCC#N. The fraction of sp³-hybridized carbons (Fsp3) is 0.625. The molecule has 68 valence electrons. The van der Waals surface area contributed by atoms with E-state index in [0.717, 1.165) is 6.26 Å². The first kappa shape index (κ1) is 10.9. The van der Waals surface area contributed by atoms with Crippen LogP contribution in [0.2, 0.25) is 0 Å². The van der Waals surface area contributed by atoms with Crippen molar-refractivity contribution in [2.75, 3.05) is 13.2 Å². The fourth-order valence-electron chi connectivity index (χ4n) is 0.581. The van der Waals surface area contributed by atoms with Gasteiger partial charge in [0, 0.05) is 0 Å². The van der Waals surface area contributed by atoms with Crippen molar-refractivity contribution in [2.24, 2.45) is 0 Å². The Bertz CT molecular complexity index is 165. The van der Waals surface area contributed by atoms with Crippen LogP contribution < -0.4 is 0 Å². The number of halogens is 1. The summed E-state index contributed by atoms with van der Waals surface area (Å²) in [4.78, 5) is 0. The average Bonchev–Trinajstić information content (AvgIpc) is 2.06. The van der Waals surface area contributed by atoms with Crippen molar-refractivity contribution in [3.05, 3.63) is 12.6 Å². The molecule has 0 saturated carbocycles. The lowest BCUT2D eigenvalue weighted by Crippen LogP contribution is -2.14. The lowest BCUT2D eigenvalue weighted by molar-refractivity contribution is 0.0222. The Morgan fingerprint density at radius 1 is 1.67 bits per heavy atom. The smallest absolute Gasteiger partial charge is 0.121 e. The van der Waals surface area contributed by atoms with E-state index in [2.05, 4.69) is 0 Å². The predicted octanol–water partition coefficient (Wildman–Crippen LogP) is 1.76. The van der Waals surface area contributed by atoms with E-state index < -0.39 is 0 Å². The molecule has 0 aromatic heterocycles. The summed E-state index contributed by atoms with van der Waals surface area (Å²) in [5.41, 5.74) is 0. The van der Waals surface area contributed by atoms with Crippen LogP contribution in [0.15, 0.2) is 12.6 Å². The van der Waals surface area contributed by atoms with Crippen LogP contribution in [0.4, 0.5) is 4.39 Å². The Morgan fingerprint density at radius 3 is 3.00 bits per heavy atom. The van der Waals surface area contributed by atoms with Crippen molar-refractivity contribution >= 4 is 0 Å². The van der Waals surface area contributed by atoms with Gasteiger partial charge in [0.2, 0.25) is 0 Å². The molecule has 3 nitrogen and oxygen atoms in total. The molecule has 0 N–H and O–H groups in total. The van der Waals surface area contributed by atoms with E-state index in [9.17, 15) is 4.39 Å². The molecule has 0 bridgehead atoms. The van der Waals surface area contributed by atoms with Gasteiger partial charge in [-0.1, -0.05) is 0 Å². The van der Waals surface area contributed by atoms with E-state index in [1.807, 2.05) is 6.07 Å². The maximum Gasteiger partial charge on any atom is 0.121 e. The number of nitriles is 1. The van der Waals surface area contributed by atoms with E-state index in [1.165, 1.54) is 0 Å². The van der Waals surface area contributed by atoms with Gasteiger partial charge in [-0.3, -0.25) is 0 Å². The molecule has 0 aliphatic carbocycles. The van der Waals surface area contributed by atoms with Gasteiger partial charge in [-0.05, 0) is 6.92 Å². The van der Waals surface area contributed by atoms with Crippen molar-refractivity contribution in [3.63, 3.8) is 0 Å². The Labute approximate surface area is 71.4 Å². The largest absolute Gasteiger partial charge is 0.496 e. The summed E-state index contributed by atoms with van der Waals surface area (Å²) in [5.74, 6) is 0. The minimum atomic E-state index is -0.116. The second-order valence-corrected chi connectivity index (χ2v) is 2.18. The molecule has 0 aliphatic heterocycles. The zero-order chi connectivity index (χ0) is 9.23. The minimum absolute atomic E-state index is 0.116. The number of rotatable bonds is 6. The second-order valence-electron chi connectivity index (χ2n) is 2.18. The van der Waals surface area contributed by atoms with E-state index in [-0.39, 0.29) is 6.10 Å². The molecule has 4 heteroatoms. The molecule has 0 spiro atoms. The van der Waals surface area contributed by atoms with Crippen molar-refractivity contribution in [3.8, 4) is 6.07 Å². The third-order valence-electron chi connectivity index (χ3n) is 1.09. The third kappa shape index (κ3) is 7.03. The van der Waals surface area contributed by atoms with E-state index in [0.29, 0.717) is 26.0 Å². The molecule has 0 aromatic rings. The molecular formula is C8H12FNO2. The Kier molecular flexibility index (Phi) is 7.30. The maximum absolute atomic E-state index is 11.4. The number of hydrogen-bond acceptors (Lipinski definition) is 3. The van der Waals surface area contributed by atoms with E-state index in [1.54, 1.807) is 6.92 Å². The fourth-order valence-corrected chi connectivity index (χ4v) is 0.581. The Hall–Kier alpha value is -1.08. The zero-order valence-electron chi connectivity index (χ0n) is 7.00. The summed E-state index contributed by atoms with van der Waals surface area (Å²) in [6.07, 6.45) is 1.53. The van der Waals surface area contributed by atoms with Gasteiger partial charge in [-0.25, -0.2) is 4.39 Å². The van der Waals surface area contributed by atoms with E-state index >= 15 is 0 Å². The molecule has 0 fully saturated rings. The van der Waals surface area contributed by atoms with Crippen LogP contribution in [0.3, 0.4) is 0 Å². The molecule has 0 radical (unpaired) electrons. The van der Waals surface area contributed by atoms with Gasteiger partial charge < -0.3 is 9.47 Å². The Balaban J connectivity index is 3.22. The summed E-state index contributed by atoms with van der Waals surface area (Å²) >= 11 is 0. The Morgan fingerprint density at radius 2 is 2.42 bits per heavy atom. The number of hydrogen-bond donors (Lipinski definition) is 0. The van der Waals surface area contributed by atoms with Crippen LogP contribution >= 0.6 is 0 Å². The van der Waals surface area contributed by atoms with Gasteiger partial charge in [-0.15, -0.1) is 0 Å². The molecule has 0 aliphatic rings. The zero-order valence-corrected chi connectivity index (χ0v) is 7.00. The summed E-state index contributed by atoms with van der Waals surface area (Å²) in [6, 6.07) is 1.95. The van der Waals surface area contributed by atoms with Gasteiger partial charge in [-0.2, -0.15) is 5.26 Å². The maximum atomic E-state index is 11.4. The molecule has 1 atom stereocenters. The molecule has 0 rings (SSSR count). The molecule has 1 unspecified atom stereocenters. The lowest BCUT2D eigenvalue weighted by Gasteiger charge is -2.10. The van der Waals surface area contributed by atoms with Crippen LogP contribution in [0.5, 0.6) is 0 Å². The lowest BCUT2D eigenvalue weighted by atomic mass is 10.4. The van der Waals surface area contributed by atoms with Crippen molar-refractivity contribution < 1.29 is 13.9 Å². The highest BCUT2D eigenvalue weighted by molar-refractivity contribution is 4.68. The summed E-state index contributed by atoms with van der Waals surface area (Å²) in [5, 5.41) is 8.17. The van der Waals surface area contributed by atoms with Gasteiger partial charge in [0.25, 0.3) is 0 Å². The quantitative estimate of drug-likeness (QED) is 0.454. The standard InChI is InChI=1S/C8H12FNO2/c1-8(7-11-6-3-9)12-5-2-4-10/h3,6,8H,2,5,7H2,1H3. The van der Waals surface area contributed by atoms with Crippen LogP contribution in [0.1, 0.15) is 13.3 Å². The van der Waals surface area contributed by atoms with E-state index in [4.69, 9.17) is 14.7 Å². The minimum Gasteiger partial charge on any atom is -0.496 e. The number of nitrogens with zero attached hydrogens (tertiary/aromatic N) is 1. The molecule has 12 heavy (non-hydrogen) atoms.